The summed E-state index contributed by atoms with van der Waals surface area (Å²) in [5.41, 5.74) is 2.85. The largest absolute Gasteiger partial charge is 0.465 e. The Hall–Kier alpha value is -1.88. The molecule has 1 amide bonds. The maximum Gasteiger partial charge on any atom is 0.339 e. The van der Waals surface area contributed by atoms with Gasteiger partial charge < -0.3 is 14.5 Å². The van der Waals surface area contributed by atoms with Gasteiger partial charge >= 0.3 is 5.97 Å². The molecule has 0 bridgehead atoms. The van der Waals surface area contributed by atoms with Crippen LogP contribution in [0.2, 0.25) is 0 Å². The van der Waals surface area contributed by atoms with Crippen molar-refractivity contribution in [1.29, 1.82) is 0 Å². The van der Waals surface area contributed by atoms with Crippen LogP contribution in [0.3, 0.4) is 0 Å². The van der Waals surface area contributed by atoms with Crippen molar-refractivity contribution in [3.8, 4) is 0 Å². The number of likely N-dealkylation sites (N-methyl/N-ethyl adjacent to an activating group) is 1. The number of methoxy groups -OCH3 is 1. The van der Waals surface area contributed by atoms with Crippen molar-refractivity contribution in [3.63, 3.8) is 0 Å². The average Bonchev–Trinajstić information content (AvgIpc) is 2.57. The van der Waals surface area contributed by atoms with E-state index in [4.69, 9.17) is 4.74 Å². The van der Waals surface area contributed by atoms with Crippen LogP contribution in [0.15, 0.2) is 12.1 Å². The predicted molar refractivity (Wildman–Crippen MR) is 95.1 cm³/mol. The lowest BCUT2D eigenvalue weighted by Gasteiger charge is -2.40. The number of likely N-dealkylation sites (tertiary alicyclic amines) is 1. The molecule has 0 aliphatic carbocycles. The summed E-state index contributed by atoms with van der Waals surface area (Å²) < 4.78 is 5.70. The Balaban J connectivity index is 2.20. The number of esters is 1. The van der Waals surface area contributed by atoms with Gasteiger partial charge in [-0.1, -0.05) is 6.07 Å². The van der Waals surface area contributed by atoms with Gasteiger partial charge in [0.15, 0.2) is 6.54 Å². The van der Waals surface area contributed by atoms with Gasteiger partial charge in [0.1, 0.15) is 0 Å². The molecule has 0 unspecified atom stereocenters. The van der Waals surface area contributed by atoms with Crippen molar-refractivity contribution in [2.24, 2.45) is 0 Å². The highest BCUT2D eigenvalue weighted by atomic mass is 16.5. The van der Waals surface area contributed by atoms with E-state index in [2.05, 4.69) is 12.2 Å². The van der Waals surface area contributed by atoms with E-state index in [1.54, 1.807) is 6.07 Å². The third-order valence-corrected chi connectivity index (χ3v) is 5.06. The van der Waals surface area contributed by atoms with Gasteiger partial charge in [0.2, 0.25) is 0 Å². The standard InChI is InChI=1S/C19H28N2O3/c1-5-21(9-7-6-8-10-21)13-17(22)20-18-15(3)11-14(2)12-16(18)19(23)24-4/h11-12H,5-10,13H2,1-4H3/p+1. The molecule has 1 aromatic rings. The smallest absolute Gasteiger partial charge is 0.339 e. The minimum Gasteiger partial charge on any atom is -0.465 e. The summed E-state index contributed by atoms with van der Waals surface area (Å²) in [6, 6.07) is 3.73. The van der Waals surface area contributed by atoms with Gasteiger partial charge in [-0.15, -0.1) is 0 Å². The van der Waals surface area contributed by atoms with Crippen LogP contribution in [0, 0.1) is 13.8 Å². The fourth-order valence-corrected chi connectivity index (χ4v) is 3.66. The first-order chi connectivity index (χ1) is 11.4. The number of nitrogens with one attached hydrogen (secondary N) is 1. The average molecular weight is 333 g/mol. The van der Waals surface area contributed by atoms with Gasteiger partial charge in [-0.2, -0.15) is 0 Å². The van der Waals surface area contributed by atoms with E-state index in [1.807, 2.05) is 19.9 Å². The van der Waals surface area contributed by atoms with Crippen molar-refractivity contribution < 1.29 is 18.8 Å². The highest BCUT2D eigenvalue weighted by Crippen LogP contribution is 2.25. The van der Waals surface area contributed by atoms with Crippen LogP contribution < -0.4 is 5.32 Å². The van der Waals surface area contributed by atoms with Gasteiger partial charge in [-0.3, -0.25) is 4.79 Å². The van der Waals surface area contributed by atoms with Gasteiger partial charge in [-0.25, -0.2) is 4.79 Å². The maximum atomic E-state index is 12.7. The van der Waals surface area contributed by atoms with E-state index in [9.17, 15) is 9.59 Å². The second-order valence-electron chi connectivity index (χ2n) is 6.87. The van der Waals surface area contributed by atoms with E-state index < -0.39 is 5.97 Å². The number of rotatable bonds is 5. The van der Waals surface area contributed by atoms with Crippen LogP contribution in [-0.2, 0) is 9.53 Å². The zero-order chi connectivity index (χ0) is 17.7. The number of nitrogens with zero attached hydrogens (tertiary/aromatic N) is 1. The van der Waals surface area contributed by atoms with Crippen molar-refractivity contribution in [1.82, 2.24) is 0 Å². The number of carbonyl (C=O) groups excluding carboxylic acids is 2. The second-order valence-corrected chi connectivity index (χ2v) is 6.87. The molecule has 1 saturated heterocycles. The number of hydrogen-bond donors (Lipinski definition) is 1. The minimum atomic E-state index is -0.422. The molecule has 2 rings (SSSR count). The Morgan fingerprint density at radius 1 is 1.17 bits per heavy atom. The van der Waals surface area contributed by atoms with E-state index in [0.717, 1.165) is 35.2 Å². The summed E-state index contributed by atoms with van der Waals surface area (Å²) in [6.07, 6.45) is 3.61. The summed E-state index contributed by atoms with van der Waals surface area (Å²) in [5.74, 6) is -0.453. The molecular formula is C19H29N2O3+. The van der Waals surface area contributed by atoms with Crippen LogP contribution in [-0.4, -0.2) is 49.6 Å². The van der Waals surface area contributed by atoms with Crippen molar-refractivity contribution in [2.75, 3.05) is 38.6 Å². The number of aryl methyl sites for hydroxylation is 2. The number of carbonyl (C=O) groups is 2. The van der Waals surface area contributed by atoms with E-state index in [-0.39, 0.29) is 5.91 Å². The Kier molecular flexibility index (Phi) is 5.99. The maximum absolute atomic E-state index is 12.7. The van der Waals surface area contributed by atoms with Crippen LogP contribution >= 0.6 is 0 Å². The summed E-state index contributed by atoms with van der Waals surface area (Å²) in [5, 5.41) is 2.97. The molecule has 5 heteroatoms. The molecular weight excluding hydrogens is 304 g/mol. The summed E-state index contributed by atoms with van der Waals surface area (Å²) >= 11 is 0. The quantitative estimate of drug-likeness (QED) is 0.665. The molecule has 0 atom stereocenters. The third kappa shape index (κ3) is 4.15. The lowest BCUT2D eigenvalue weighted by atomic mass is 10.0. The summed E-state index contributed by atoms with van der Waals surface area (Å²) in [7, 11) is 1.36. The molecule has 1 heterocycles. The molecule has 1 aliphatic rings. The summed E-state index contributed by atoms with van der Waals surface area (Å²) in [4.78, 5) is 24.7. The van der Waals surface area contributed by atoms with Crippen molar-refractivity contribution in [3.05, 3.63) is 28.8 Å². The highest BCUT2D eigenvalue weighted by Gasteiger charge is 2.31. The molecule has 0 radical (unpaired) electrons. The first-order valence-electron chi connectivity index (χ1n) is 8.75. The van der Waals surface area contributed by atoms with E-state index >= 15 is 0 Å². The molecule has 0 aromatic heterocycles. The van der Waals surface area contributed by atoms with Crippen LogP contribution in [0.1, 0.15) is 47.7 Å². The Labute approximate surface area is 144 Å². The molecule has 0 spiro atoms. The SMILES string of the molecule is CC[N+]1(CC(=O)Nc2c(C)cc(C)cc2C(=O)OC)CCCCC1. The third-order valence-electron chi connectivity index (χ3n) is 5.06. The molecule has 1 aliphatic heterocycles. The second kappa shape index (κ2) is 7.79. The molecule has 1 N–H and O–H groups in total. The number of piperidine rings is 1. The number of benzene rings is 1. The summed E-state index contributed by atoms with van der Waals surface area (Å²) in [6.45, 7) is 9.52. The first kappa shape index (κ1) is 18.5. The number of quaternary nitrogens is 1. The normalized spacial score (nSPS) is 16.5. The number of anilines is 1. The fraction of sp³-hybridized carbons (Fsp3) is 0.579. The zero-order valence-electron chi connectivity index (χ0n) is 15.3. The first-order valence-corrected chi connectivity index (χ1v) is 8.75. The van der Waals surface area contributed by atoms with Crippen molar-refractivity contribution in [2.45, 2.75) is 40.0 Å². The lowest BCUT2D eigenvalue weighted by molar-refractivity contribution is -0.923. The number of amides is 1. The zero-order valence-corrected chi connectivity index (χ0v) is 15.3. The molecule has 1 fully saturated rings. The van der Waals surface area contributed by atoms with Gasteiger partial charge in [0, 0.05) is 0 Å². The van der Waals surface area contributed by atoms with Crippen LogP contribution in [0.4, 0.5) is 5.69 Å². The predicted octanol–water partition coefficient (Wildman–Crippen LogP) is 3.05. The number of hydrogen-bond acceptors (Lipinski definition) is 3. The van der Waals surface area contributed by atoms with Gasteiger partial charge in [-0.05, 0) is 57.2 Å². The van der Waals surface area contributed by atoms with Crippen LogP contribution in [0.5, 0.6) is 0 Å². The topological polar surface area (TPSA) is 55.4 Å². The Bertz CT molecular complexity index is 619. The molecule has 0 saturated carbocycles. The number of ether oxygens (including phenoxy) is 1. The van der Waals surface area contributed by atoms with E-state index in [0.29, 0.717) is 17.8 Å². The van der Waals surface area contributed by atoms with Gasteiger partial charge in [0.25, 0.3) is 5.91 Å². The molecule has 1 aromatic carbocycles. The highest BCUT2D eigenvalue weighted by molar-refractivity contribution is 6.02. The molecule has 24 heavy (non-hydrogen) atoms. The Morgan fingerprint density at radius 2 is 1.83 bits per heavy atom. The monoisotopic (exact) mass is 333 g/mol. The fourth-order valence-electron chi connectivity index (χ4n) is 3.66. The van der Waals surface area contributed by atoms with Crippen LogP contribution in [0.25, 0.3) is 0 Å². The van der Waals surface area contributed by atoms with Crippen molar-refractivity contribution >= 4 is 17.6 Å². The molecule has 132 valence electrons. The Morgan fingerprint density at radius 3 is 2.42 bits per heavy atom. The van der Waals surface area contributed by atoms with E-state index in [1.165, 1.54) is 26.4 Å². The van der Waals surface area contributed by atoms with Gasteiger partial charge in [0.05, 0.1) is 38.0 Å². The lowest BCUT2D eigenvalue weighted by Crippen LogP contribution is -2.55. The molecule has 5 nitrogen and oxygen atoms in total. The minimum absolute atomic E-state index is 0.0316.